The van der Waals surface area contributed by atoms with Crippen molar-refractivity contribution >= 4 is 28.7 Å². The van der Waals surface area contributed by atoms with Gasteiger partial charge < -0.3 is 39.7 Å². The maximum Gasteiger partial charge on any atom is 0.223 e. The van der Waals surface area contributed by atoms with Crippen LogP contribution in [0.3, 0.4) is 0 Å². The zero-order chi connectivity index (χ0) is 22.7. The minimum Gasteiger partial charge on any atom is -0.748 e. The topological polar surface area (TPSA) is 55.6 Å². The largest absolute Gasteiger partial charge is 0.748 e. The van der Waals surface area contributed by atoms with Gasteiger partial charge in [0, 0.05) is 40.7 Å². The van der Waals surface area contributed by atoms with Crippen LogP contribution in [0.4, 0.5) is 5.95 Å². The second kappa shape index (κ2) is 15.2. The molecule has 35 heavy (non-hydrogen) atoms. The second-order valence-electron chi connectivity index (χ2n) is 7.25. The number of halogens is 1. The van der Waals surface area contributed by atoms with E-state index in [1.807, 2.05) is 102 Å². The van der Waals surface area contributed by atoms with E-state index in [0.717, 1.165) is 5.65 Å². The van der Waals surface area contributed by atoms with Crippen LogP contribution in [0.2, 0.25) is 5.15 Å². The summed E-state index contributed by atoms with van der Waals surface area (Å²) in [6, 6.07) is 36.3. The molecule has 0 spiro atoms. The number of imidazole rings is 1. The average Bonchev–Trinajstić information content (AvgIpc) is 3.65. The van der Waals surface area contributed by atoms with Crippen molar-refractivity contribution in [1.29, 1.82) is 0 Å². The number of anilines is 1. The molecule has 0 aliphatic carbocycles. The number of aromatic nitrogens is 4. The minimum atomic E-state index is 0. The van der Waals surface area contributed by atoms with Crippen LogP contribution < -0.4 is 5.32 Å². The third kappa shape index (κ3) is 8.66. The van der Waals surface area contributed by atoms with Crippen molar-refractivity contribution in [3.05, 3.63) is 132 Å². The SMILES string of the molecule is Clc1nc(NC[c-]2[cH-][cH-][cH-][cH-]2)nc2c1ncn2C[c-]1cccc1.[Fe].[Fe].c1cc[cH-]c1.c1cc[cH-]c1. The zero-order valence-electron chi connectivity index (χ0n) is 18.8. The van der Waals surface area contributed by atoms with Gasteiger partial charge in [-0.1, -0.05) is 11.6 Å². The normalized spacial score (nSPS) is 9.63. The summed E-state index contributed by atoms with van der Waals surface area (Å²) in [4.78, 5) is 13.2. The van der Waals surface area contributed by atoms with Crippen LogP contribution in [-0.2, 0) is 47.2 Å². The minimum absolute atomic E-state index is 0. The quantitative estimate of drug-likeness (QED) is 0.150. The Labute approximate surface area is 231 Å². The van der Waals surface area contributed by atoms with E-state index >= 15 is 0 Å². The second-order valence-corrected chi connectivity index (χ2v) is 7.61. The molecular weight excluding hydrogens is 541 g/mol. The third-order valence-electron chi connectivity index (χ3n) is 4.80. The smallest absolute Gasteiger partial charge is 0.223 e. The van der Waals surface area contributed by atoms with E-state index in [9.17, 15) is 0 Å². The number of fused-ring (bicyclic) bond motifs is 1. The maximum absolute atomic E-state index is 6.25. The van der Waals surface area contributed by atoms with Crippen LogP contribution >= 0.6 is 11.6 Å². The molecule has 0 saturated carbocycles. The van der Waals surface area contributed by atoms with Gasteiger partial charge in [0.1, 0.15) is 5.52 Å². The van der Waals surface area contributed by atoms with Crippen molar-refractivity contribution in [1.82, 2.24) is 19.5 Å². The predicted molar refractivity (Wildman–Crippen MR) is 135 cm³/mol. The van der Waals surface area contributed by atoms with Crippen molar-refractivity contribution in [2.75, 3.05) is 5.32 Å². The van der Waals surface area contributed by atoms with Gasteiger partial charge in [0.25, 0.3) is 0 Å². The van der Waals surface area contributed by atoms with Crippen LogP contribution in [0.15, 0.2) is 116 Å². The summed E-state index contributed by atoms with van der Waals surface area (Å²) in [5, 5.41) is 3.57. The van der Waals surface area contributed by atoms with Gasteiger partial charge in [0.05, 0.1) is 6.33 Å². The van der Waals surface area contributed by atoms with Crippen LogP contribution in [-0.4, -0.2) is 19.5 Å². The molecule has 0 unspecified atom stereocenters. The van der Waals surface area contributed by atoms with Crippen LogP contribution in [0.5, 0.6) is 0 Å². The molecule has 5 nitrogen and oxygen atoms in total. The monoisotopic (exact) mass is 565 g/mol. The molecule has 0 bridgehead atoms. The number of hydrogen-bond donors (Lipinski definition) is 1. The molecule has 2 heterocycles. The summed E-state index contributed by atoms with van der Waals surface area (Å²) in [6.07, 6.45) is 1.75. The summed E-state index contributed by atoms with van der Waals surface area (Å²) in [7, 11) is 0. The molecule has 0 radical (unpaired) electrons. The Morgan fingerprint density at radius 1 is 0.857 bits per heavy atom. The Morgan fingerprint density at radius 3 is 2.00 bits per heavy atom. The van der Waals surface area contributed by atoms with E-state index in [1.54, 1.807) is 6.33 Å². The van der Waals surface area contributed by atoms with Gasteiger partial charge in [0.2, 0.25) is 5.95 Å². The molecule has 0 aliphatic rings. The molecule has 0 saturated heterocycles. The van der Waals surface area contributed by atoms with E-state index < -0.39 is 0 Å². The van der Waals surface area contributed by atoms with Crippen molar-refractivity contribution in [3.8, 4) is 0 Å². The van der Waals surface area contributed by atoms with Gasteiger partial charge in [0.15, 0.2) is 10.8 Å². The molecule has 188 valence electrons. The molecule has 6 rings (SSSR count). The third-order valence-corrected chi connectivity index (χ3v) is 5.06. The molecule has 0 amide bonds. The van der Waals surface area contributed by atoms with E-state index in [-0.39, 0.29) is 34.1 Å². The van der Waals surface area contributed by atoms with E-state index in [1.165, 1.54) is 11.1 Å². The molecule has 1 N–H and O–H groups in total. The summed E-state index contributed by atoms with van der Waals surface area (Å²) in [6.45, 7) is 1.37. The molecular formula is C27H24ClFe2N5-8. The molecule has 0 fully saturated rings. The van der Waals surface area contributed by atoms with E-state index in [2.05, 4.69) is 32.4 Å². The molecule has 2 aromatic heterocycles. The molecule has 0 aliphatic heterocycles. The van der Waals surface area contributed by atoms with Crippen molar-refractivity contribution in [3.63, 3.8) is 0 Å². The van der Waals surface area contributed by atoms with Gasteiger partial charge in [-0.05, 0) is 0 Å². The fraction of sp³-hybridized carbons (Fsp3) is 0.0741. The summed E-state index contributed by atoms with van der Waals surface area (Å²) >= 11 is 6.25. The molecule has 8 heteroatoms. The van der Waals surface area contributed by atoms with Crippen LogP contribution in [0, 0.1) is 0 Å². The van der Waals surface area contributed by atoms with Crippen molar-refractivity contribution < 1.29 is 34.1 Å². The Hall–Kier alpha value is -2.92. The fourth-order valence-corrected chi connectivity index (χ4v) is 3.39. The fourth-order valence-electron chi connectivity index (χ4n) is 3.17. The van der Waals surface area contributed by atoms with Gasteiger partial charge in [-0.3, -0.25) is 0 Å². The van der Waals surface area contributed by atoms with Gasteiger partial charge in [-0.15, -0.1) is 12.1 Å². The zero-order valence-corrected chi connectivity index (χ0v) is 21.7. The first-order valence-electron chi connectivity index (χ1n) is 10.7. The first-order chi connectivity index (χ1) is 16.3. The molecule has 6 aromatic rings. The van der Waals surface area contributed by atoms with Crippen molar-refractivity contribution in [2.45, 2.75) is 13.1 Å². The number of nitrogens with zero attached hydrogens (tertiary/aromatic N) is 4. The Bertz CT molecular complexity index is 1230. The van der Waals surface area contributed by atoms with Gasteiger partial charge >= 0.3 is 0 Å². The van der Waals surface area contributed by atoms with Gasteiger partial charge in [-0.25, -0.2) is 41.4 Å². The van der Waals surface area contributed by atoms with Crippen LogP contribution in [0.25, 0.3) is 11.2 Å². The standard InChI is InChI=1S/C17H14ClN5.2C5H5.2Fe/c18-15-14-16(23(11-20-14)10-13-7-3-4-8-13)22-17(21-15)19-9-12-5-1-2-6-12;2*1-2-4-5-3-1;;/h1-8,11H,9-10H2,(H,19,21,22);2*1-5H;;/q-6;2*-1;;. The number of rotatable bonds is 5. The Morgan fingerprint density at radius 2 is 1.46 bits per heavy atom. The predicted octanol–water partition coefficient (Wildman–Crippen LogP) is 6.38. The summed E-state index contributed by atoms with van der Waals surface area (Å²) < 4.78 is 1.98. The first-order valence-corrected chi connectivity index (χ1v) is 11.0. The maximum atomic E-state index is 6.25. The Kier molecular flexibility index (Phi) is 12.3. The van der Waals surface area contributed by atoms with Crippen molar-refractivity contribution in [2.24, 2.45) is 0 Å². The first kappa shape index (κ1) is 28.3. The van der Waals surface area contributed by atoms with E-state index in [0.29, 0.717) is 29.7 Å². The molecule has 4 aromatic carbocycles. The number of hydrogen-bond acceptors (Lipinski definition) is 4. The van der Waals surface area contributed by atoms with Crippen LogP contribution in [0.1, 0.15) is 11.1 Å². The van der Waals surface area contributed by atoms with E-state index in [4.69, 9.17) is 11.6 Å². The average molecular weight is 566 g/mol. The van der Waals surface area contributed by atoms with Gasteiger partial charge in [-0.2, -0.15) is 58.5 Å². The summed E-state index contributed by atoms with van der Waals surface area (Å²) in [5.41, 5.74) is 3.73. The Balaban J connectivity index is 0.000000300. The molecule has 0 atom stereocenters. The summed E-state index contributed by atoms with van der Waals surface area (Å²) in [5.74, 6) is 0.507. The number of nitrogens with one attached hydrogen (secondary N) is 1.